The van der Waals surface area contributed by atoms with Crippen molar-refractivity contribution >= 4 is 46.6 Å². The van der Waals surface area contributed by atoms with E-state index in [9.17, 15) is 9.59 Å². The highest BCUT2D eigenvalue weighted by Crippen LogP contribution is 2.15. The van der Waals surface area contributed by atoms with Gasteiger partial charge in [0.2, 0.25) is 5.91 Å². The van der Waals surface area contributed by atoms with Crippen molar-refractivity contribution in [3.05, 3.63) is 78.7 Å². The lowest BCUT2D eigenvalue weighted by atomic mass is 10.2. The molecule has 0 aliphatic rings. The third kappa shape index (κ3) is 5.41. The lowest BCUT2D eigenvalue weighted by Crippen LogP contribution is -2.32. The SMILES string of the molecule is O=C(C=Cc1ccco1)NC(=S)Nc1ccc(NC(=O)c2ccco2)cc1. The Labute approximate surface area is 160 Å². The molecule has 136 valence electrons. The molecular weight excluding hydrogens is 366 g/mol. The number of thiocarbonyl (C=S) groups is 1. The molecule has 0 bridgehead atoms. The minimum Gasteiger partial charge on any atom is -0.465 e. The van der Waals surface area contributed by atoms with Gasteiger partial charge in [-0.2, -0.15) is 0 Å². The van der Waals surface area contributed by atoms with Gasteiger partial charge in [-0.3, -0.25) is 14.9 Å². The zero-order valence-electron chi connectivity index (χ0n) is 14.0. The normalized spacial score (nSPS) is 10.5. The van der Waals surface area contributed by atoms with Crippen LogP contribution in [0, 0.1) is 0 Å². The quantitative estimate of drug-likeness (QED) is 0.461. The molecule has 0 saturated heterocycles. The highest BCUT2D eigenvalue weighted by atomic mass is 32.1. The van der Waals surface area contributed by atoms with Crippen LogP contribution in [0.3, 0.4) is 0 Å². The summed E-state index contributed by atoms with van der Waals surface area (Å²) in [5.74, 6) is 0.0676. The molecule has 0 aliphatic heterocycles. The molecular formula is C19H15N3O4S. The van der Waals surface area contributed by atoms with E-state index < -0.39 is 0 Å². The molecule has 1 aromatic carbocycles. The Morgan fingerprint density at radius 3 is 2.19 bits per heavy atom. The molecule has 3 aromatic rings. The Balaban J connectivity index is 1.49. The fourth-order valence-electron chi connectivity index (χ4n) is 2.10. The maximum atomic E-state index is 11.9. The van der Waals surface area contributed by atoms with Crippen LogP contribution >= 0.6 is 12.2 Å². The van der Waals surface area contributed by atoms with Crippen LogP contribution < -0.4 is 16.0 Å². The van der Waals surface area contributed by atoms with Crippen molar-refractivity contribution in [3.63, 3.8) is 0 Å². The second-order valence-corrected chi connectivity index (χ2v) is 5.71. The van der Waals surface area contributed by atoms with Crippen LogP contribution in [0.2, 0.25) is 0 Å². The van der Waals surface area contributed by atoms with Gasteiger partial charge < -0.3 is 19.5 Å². The number of benzene rings is 1. The molecule has 0 aliphatic carbocycles. The zero-order valence-corrected chi connectivity index (χ0v) is 14.8. The third-order valence-corrected chi connectivity index (χ3v) is 3.53. The van der Waals surface area contributed by atoms with Crippen molar-refractivity contribution in [2.24, 2.45) is 0 Å². The predicted octanol–water partition coefficient (Wildman–Crippen LogP) is 3.65. The predicted molar refractivity (Wildman–Crippen MR) is 105 cm³/mol. The number of anilines is 2. The number of nitrogens with one attached hydrogen (secondary N) is 3. The van der Waals surface area contributed by atoms with Gasteiger partial charge in [0.15, 0.2) is 10.9 Å². The molecule has 3 N–H and O–H groups in total. The Morgan fingerprint density at radius 2 is 1.56 bits per heavy atom. The molecule has 7 nitrogen and oxygen atoms in total. The van der Waals surface area contributed by atoms with Crippen LogP contribution in [0.1, 0.15) is 16.3 Å². The van der Waals surface area contributed by atoms with E-state index in [-0.39, 0.29) is 22.7 Å². The van der Waals surface area contributed by atoms with Gasteiger partial charge in [-0.15, -0.1) is 0 Å². The third-order valence-electron chi connectivity index (χ3n) is 3.32. The van der Waals surface area contributed by atoms with E-state index in [0.717, 1.165) is 0 Å². The molecule has 8 heteroatoms. The highest BCUT2D eigenvalue weighted by molar-refractivity contribution is 7.80. The molecule has 2 aromatic heterocycles. The fourth-order valence-corrected chi connectivity index (χ4v) is 2.32. The summed E-state index contributed by atoms with van der Waals surface area (Å²) in [5, 5.41) is 8.27. The van der Waals surface area contributed by atoms with Gasteiger partial charge in [-0.05, 0) is 66.8 Å². The van der Waals surface area contributed by atoms with Crippen LogP contribution in [0.5, 0.6) is 0 Å². The molecule has 0 spiro atoms. The first kappa shape index (κ1) is 18.2. The monoisotopic (exact) mass is 381 g/mol. The molecule has 0 atom stereocenters. The van der Waals surface area contributed by atoms with Gasteiger partial charge in [0.05, 0.1) is 12.5 Å². The Kier molecular flexibility index (Phi) is 5.80. The van der Waals surface area contributed by atoms with E-state index in [2.05, 4.69) is 16.0 Å². The first-order valence-corrected chi connectivity index (χ1v) is 8.29. The smallest absolute Gasteiger partial charge is 0.291 e. The number of furan rings is 2. The summed E-state index contributed by atoms with van der Waals surface area (Å²) >= 11 is 5.10. The maximum Gasteiger partial charge on any atom is 0.291 e. The molecule has 2 amide bonds. The van der Waals surface area contributed by atoms with Crippen molar-refractivity contribution < 1.29 is 18.4 Å². The largest absolute Gasteiger partial charge is 0.465 e. The Bertz CT molecular complexity index is 946. The lowest BCUT2D eigenvalue weighted by molar-refractivity contribution is -0.115. The first-order valence-electron chi connectivity index (χ1n) is 7.88. The second kappa shape index (κ2) is 8.63. The van der Waals surface area contributed by atoms with Crippen molar-refractivity contribution in [1.82, 2.24) is 5.32 Å². The number of carbonyl (C=O) groups is 2. The van der Waals surface area contributed by atoms with E-state index in [1.807, 2.05) is 0 Å². The van der Waals surface area contributed by atoms with Crippen molar-refractivity contribution in [2.45, 2.75) is 0 Å². The standard InChI is InChI=1S/C19H15N3O4S/c23-17(10-9-15-3-1-11-25-15)22-19(27)21-14-7-5-13(6-8-14)20-18(24)16-4-2-12-26-16/h1-12H,(H,20,24)(H2,21,22,23,27). The average molecular weight is 381 g/mol. The molecule has 0 unspecified atom stereocenters. The first-order chi connectivity index (χ1) is 13.1. The molecule has 0 fully saturated rings. The summed E-state index contributed by atoms with van der Waals surface area (Å²) < 4.78 is 10.1. The van der Waals surface area contributed by atoms with E-state index in [0.29, 0.717) is 17.1 Å². The van der Waals surface area contributed by atoms with E-state index in [1.165, 1.54) is 24.7 Å². The summed E-state index contributed by atoms with van der Waals surface area (Å²) in [7, 11) is 0. The molecule has 0 saturated carbocycles. The number of hydrogen-bond donors (Lipinski definition) is 3. The van der Waals surface area contributed by atoms with Crippen LogP contribution in [0.4, 0.5) is 11.4 Å². The molecule has 0 radical (unpaired) electrons. The van der Waals surface area contributed by atoms with Crippen molar-refractivity contribution in [1.29, 1.82) is 0 Å². The second-order valence-electron chi connectivity index (χ2n) is 5.30. The van der Waals surface area contributed by atoms with E-state index >= 15 is 0 Å². The molecule has 2 heterocycles. The topological polar surface area (TPSA) is 96.5 Å². The van der Waals surface area contributed by atoms with E-state index in [1.54, 1.807) is 48.5 Å². The van der Waals surface area contributed by atoms with Crippen LogP contribution in [0.15, 0.2) is 76.0 Å². The minimum absolute atomic E-state index is 0.150. The van der Waals surface area contributed by atoms with Gasteiger partial charge >= 0.3 is 0 Å². The number of amides is 2. The molecule has 27 heavy (non-hydrogen) atoms. The Hall–Kier alpha value is -3.65. The number of rotatable bonds is 5. The van der Waals surface area contributed by atoms with Crippen LogP contribution in [-0.2, 0) is 4.79 Å². The molecule has 3 rings (SSSR count). The maximum absolute atomic E-state index is 11.9. The van der Waals surface area contributed by atoms with Gasteiger partial charge in [0.1, 0.15) is 5.76 Å². The number of carbonyl (C=O) groups excluding carboxylic acids is 2. The summed E-state index contributed by atoms with van der Waals surface area (Å²) in [6.45, 7) is 0. The van der Waals surface area contributed by atoms with Gasteiger partial charge in [-0.25, -0.2) is 0 Å². The lowest BCUT2D eigenvalue weighted by Gasteiger charge is -2.09. The number of hydrogen-bond acceptors (Lipinski definition) is 5. The summed E-state index contributed by atoms with van der Waals surface area (Å²) in [6.07, 6.45) is 5.81. The van der Waals surface area contributed by atoms with Crippen molar-refractivity contribution in [3.8, 4) is 0 Å². The van der Waals surface area contributed by atoms with Gasteiger partial charge in [0, 0.05) is 17.5 Å². The van der Waals surface area contributed by atoms with E-state index in [4.69, 9.17) is 21.1 Å². The van der Waals surface area contributed by atoms with Gasteiger partial charge in [0.25, 0.3) is 5.91 Å². The van der Waals surface area contributed by atoms with Crippen LogP contribution in [-0.4, -0.2) is 16.9 Å². The fraction of sp³-hybridized carbons (Fsp3) is 0. The van der Waals surface area contributed by atoms with Crippen LogP contribution in [0.25, 0.3) is 6.08 Å². The Morgan fingerprint density at radius 1 is 0.889 bits per heavy atom. The average Bonchev–Trinajstić information content (AvgIpc) is 3.35. The van der Waals surface area contributed by atoms with Gasteiger partial charge in [-0.1, -0.05) is 0 Å². The minimum atomic E-state index is -0.383. The summed E-state index contributed by atoms with van der Waals surface area (Å²) in [4.78, 5) is 23.7. The zero-order chi connectivity index (χ0) is 19.1. The summed E-state index contributed by atoms with van der Waals surface area (Å²) in [6, 6.07) is 13.5. The van der Waals surface area contributed by atoms with Crippen molar-refractivity contribution in [2.75, 3.05) is 10.6 Å². The summed E-state index contributed by atoms with van der Waals surface area (Å²) in [5.41, 5.74) is 1.25. The highest BCUT2D eigenvalue weighted by Gasteiger charge is 2.08.